The summed E-state index contributed by atoms with van der Waals surface area (Å²) in [5.41, 5.74) is 9.53. The van der Waals surface area contributed by atoms with E-state index in [4.69, 9.17) is 5.73 Å². The van der Waals surface area contributed by atoms with Gasteiger partial charge in [0, 0.05) is 29.4 Å². The van der Waals surface area contributed by atoms with Gasteiger partial charge in [-0.1, -0.05) is 12.1 Å². The second-order valence-electron chi connectivity index (χ2n) is 4.80. The number of nitrogens with zero attached hydrogens (tertiary/aromatic N) is 2. The average Bonchev–Trinajstić information content (AvgIpc) is 2.47. The van der Waals surface area contributed by atoms with Gasteiger partial charge >= 0.3 is 0 Å². The predicted molar refractivity (Wildman–Crippen MR) is 81.2 cm³/mol. The molecule has 3 rings (SSSR count). The van der Waals surface area contributed by atoms with Gasteiger partial charge in [-0.15, -0.1) is 0 Å². The second-order valence-corrected chi connectivity index (χ2v) is 5.65. The van der Waals surface area contributed by atoms with E-state index in [0.29, 0.717) is 18.8 Å². The molecule has 0 aliphatic carbocycles. The Morgan fingerprint density at radius 1 is 1.30 bits per heavy atom. The Bertz CT molecular complexity index is 672. The van der Waals surface area contributed by atoms with E-state index >= 15 is 0 Å². The standard InChI is InChI=1S/C15H14BrN3O/c16-12-4-2-7-18-14(12)15(20)19-8-6-11-10(9-19)3-1-5-13(11)17/h1-5,7H,6,8-9,17H2. The lowest BCUT2D eigenvalue weighted by atomic mass is 9.98. The summed E-state index contributed by atoms with van der Waals surface area (Å²) < 4.78 is 0.725. The molecule has 2 aromatic rings. The third kappa shape index (κ3) is 2.29. The number of benzene rings is 1. The molecule has 1 aliphatic heterocycles. The SMILES string of the molecule is Nc1cccc2c1CCN(C(=O)c1ncccc1Br)C2. The van der Waals surface area contributed by atoms with Crippen molar-refractivity contribution in [1.82, 2.24) is 9.88 Å². The van der Waals surface area contributed by atoms with Gasteiger partial charge in [-0.05, 0) is 51.7 Å². The van der Waals surface area contributed by atoms with Crippen LogP contribution in [0.5, 0.6) is 0 Å². The van der Waals surface area contributed by atoms with Crippen LogP contribution in [0, 0.1) is 0 Å². The summed E-state index contributed by atoms with van der Waals surface area (Å²) >= 11 is 3.38. The van der Waals surface area contributed by atoms with E-state index < -0.39 is 0 Å². The number of hydrogen-bond acceptors (Lipinski definition) is 3. The number of pyridine rings is 1. The van der Waals surface area contributed by atoms with Crippen molar-refractivity contribution in [2.75, 3.05) is 12.3 Å². The van der Waals surface area contributed by atoms with E-state index in [-0.39, 0.29) is 5.91 Å². The van der Waals surface area contributed by atoms with Gasteiger partial charge in [0.25, 0.3) is 5.91 Å². The van der Waals surface area contributed by atoms with Gasteiger partial charge in [-0.3, -0.25) is 4.79 Å². The highest BCUT2D eigenvalue weighted by Crippen LogP contribution is 2.25. The molecule has 1 amide bonds. The number of carbonyl (C=O) groups excluding carboxylic acids is 1. The smallest absolute Gasteiger partial charge is 0.273 e. The van der Waals surface area contributed by atoms with Crippen LogP contribution in [0.1, 0.15) is 21.6 Å². The third-order valence-electron chi connectivity index (χ3n) is 3.55. The van der Waals surface area contributed by atoms with Crippen LogP contribution in [0.15, 0.2) is 41.0 Å². The topological polar surface area (TPSA) is 59.2 Å². The molecular weight excluding hydrogens is 318 g/mol. The molecule has 0 saturated carbocycles. The van der Waals surface area contributed by atoms with Crippen LogP contribution < -0.4 is 5.73 Å². The van der Waals surface area contributed by atoms with Crippen molar-refractivity contribution in [3.8, 4) is 0 Å². The molecule has 1 aromatic carbocycles. The minimum Gasteiger partial charge on any atom is -0.398 e. The van der Waals surface area contributed by atoms with Gasteiger partial charge in [-0.2, -0.15) is 0 Å². The molecular formula is C15H14BrN3O. The summed E-state index contributed by atoms with van der Waals surface area (Å²) in [5, 5.41) is 0. The molecule has 2 N–H and O–H groups in total. The highest BCUT2D eigenvalue weighted by molar-refractivity contribution is 9.10. The quantitative estimate of drug-likeness (QED) is 0.817. The van der Waals surface area contributed by atoms with E-state index in [0.717, 1.165) is 27.7 Å². The molecule has 0 radical (unpaired) electrons. The van der Waals surface area contributed by atoms with Crippen molar-refractivity contribution in [1.29, 1.82) is 0 Å². The molecule has 1 aromatic heterocycles. The van der Waals surface area contributed by atoms with Gasteiger partial charge in [-0.25, -0.2) is 4.98 Å². The summed E-state index contributed by atoms with van der Waals surface area (Å²) in [6.07, 6.45) is 2.42. The first kappa shape index (κ1) is 13.1. The van der Waals surface area contributed by atoms with Crippen molar-refractivity contribution in [2.24, 2.45) is 0 Å². The van der Waals surface area contributed by atoms with E-state index in [2.05, 4.69) is 20.9 Å². The van der Waals surface area contributed by atoms with Crippen LogP contribution in [-0.2, 0) is 13.0 Å². The number of anilines is 1. The van der Waals surface area contributed by atoms with Gasteiger partial charge < -0.3 is 10.6 Å². The second kappa shape index (κ2) is 5.25. The summed E-state index contributed by atoms with van der Waals surface area (Å²) in [4.78, 5) is 18.5. The number of nitrogens with two attached hydrogens (primary N) is 1. The van der Waals surface area contributed by atoms with Crippen LogP contribution >= 0.6 is 15.9 Å². The van der Waals surface area contributed by atoms with Crippen LogP contribution in [0.25, 0.3) is 0 Å². The van der Waals surface area contributed by atoms with Crippen molar-refractivity contribution in [3.63, 3.8) is 0 Å². The number of rotatable bonds is 1. The molecule has 102 valence electrons. The Morgan fingerprint density at radius 3 is 2.95 bits per heavy atom. The van der Waals surface area contributed by atoms with Crippen molar-refractivity contribution < 1.29 is 4.79 Å². The molecule has 0 fully saturated rings. The normalized spacial score (nSPS) is 13.9. The van der Waals surface area contributed by atoms with Crippen LogP contribution in [-0.4, -0.2) is 22.3 Å². The minimum atomic E-state index is -0.0504. The van der Waals surface area contributed by atoms with E-state index in [1.54, 1.807) is 12.3 Å². The highest BCUT2D eigenvalue weighted by Gasteiger charge is 2.24. The zero-order valence-corrected chi connectivity index (χ0v) is 12.4. The van der Waals surface area contributed by atoms with Crippen molar-refractivity contribution in [2.45, 2.75) is 13.0 Å². The monoisotopic (exact) mass is 331 g/mol. The van der Waals surface area contributed by atoms with E-state index in [1.807, 2.05) is 29.2 Å². The first-order valence-electron chi connectivity index (χ1n) is 6.43. The molecule has 1 aliphatic rings. The molecule has 0 saturated heterocycles. The zero-order chi connectivity index (χ0) is 14.1. The summed E-state index contributed by atoms with van der Waals surface area (Å²) in [6, 6.07) is 9.49. The zero-order valence-electron chi connectivity index (χ0n) is 10.8. The van der Waals surface area contributed by atoms with Crippen LogP contribution in [0.3, 0.4) is 0 Å². The van der Waals surface area contributed by atoms with Crippen LogP contribution in [0.4, 0.5) is 5.69 Å². The predicted octanol–water partition coefficient (Wildman–Crippen LogP) is 2.62. The number of carbonyl (C=O) groups is 1. The lowest BCUT2D eigenvalue weighted by molar-refractivity contribution is 0.0728. The Labute approximate surface area is 125 Å². The fraction of sp³-hybridized carbons (Fsp3) is 0.200. The first-order valence-corrected chi connectivity index (χ1v) is 7.22. The van der Waals surface area contributed by atoms with Gasteiger partial charge in [0.15, 0.2) is 0 Å². The number of halogens is 1. The highest BCUT2D eigenvalue weighted by atomic mass is 79.9. The summed E-state index contributed by atoms with van der Waals surface area (Å²) in [6.45, 7) is 1.26. The lowest BCUT2D eigenvalue weighted by Crippen LogP contribution is -2.36. The van der Waals surface area contributed by atoms with Gasteiger partial charge in [0.05, 0.1) is 0 Å². The number of nitrogen functional groups attached to an aromatic ring is 1. The molecule has 0 bridgehead atoms. The summed E-state index contributed by atoms with van der Waals surface area (Å²) in [5.74, 6) is -0.0504. The maximum Gasteiger partial charge on any atom is 0.273 e. The van der Waals surface area contributed by atoms with Gasteiger partial charge in [0.1, 0.15) is 5.69 Å². The van der Waals surface area contributed by atoms with E-state index in [9.17, 15) is 4.79 Å². The molecule has 0 atom stereocenters. The number of amides is 1. The number of aromatic nitrogens is 1. The molecule has 0 spiro atoms. The Morgan fingerprint density at radius 2 is 2.15 bits per heavy atom. The molecule has 2 heterocycles. The largest absolute Gasteiger partial charge is 0.398 e. The average molecular weight is 332 g/mol. The third-order valence-corrected chi connectivity index (χ3v) is 4.19. The van der Waals surface area contributed by atoms with E-state index in [1.165, 1.54) is 0 Å². The first-order chi connectivity index (χ1) is 9.66. The fourth-order valence-electron chi connectivity index (χ4n) is 2.51. The Kier molecular flexibility index (Phi) is 3.44. The Hall–Kier alpha value is -1.88. The molecule has 4 nitrogen and oxygen atoms in total. The maximum absolute atomic E-state index is 12.5. The van der Waals surface area contributed by atoms with Crippen molar-refractivity contribution in [3.05, 3.63) is 57.8 Å². The lowest BCUT2D eigenvalue weighted by Gasteiger charge is -2.29. The van der Waals surface area contributed by atoms with Crippen molar-refractivity contribution >= 4 is 27.5 Å². The molecule has 0 unspecified atom stereocenters. The maximum atomic E-state index is 12.5. The number of hydrogen-bond donors (Lipinski definition) is 1. The van der Waals surface area contributed by atoms with Gasteiger partial charge in [0.2, 0.25) is 0 Å². The molecule has 20 heavy (non-hydrogen) atoms. The minimum absolute atomic E-state index is 0.0504. The van der Waals surface area contributed by atoms with Crippen LogP contribution in [0.2, 0.25) is 0 Å². The Balaban J connectivity index is 1.88. The molecule has 5 heteroatoms. The summed E-state index contributed by atoms with van der Waals surface area (Å²) in [7, 11) is 0. The number of fused-ring (bicyclic) bond motifs is 1. The fourth-order valence-corrected chi connectivity index (χ4v) is 2.93.